The van der Waals surface area contributed by atoms with Gasteiger partial charge in [-0.05, 0) is 23.6 Å². The Bertz CT molecular complexity index is 1250. The van der Waals surface area contributed by atoms with Gasteiger partial charge in [-0.25, -0.2) is 9.78 Å². The fourth-order valence-corrected chi connectivity index (χ4v) is 5.45. The summed E-state index contributed by atoms with van der Waals surface area (Å²) in [6.45, 7) is 4.21. The number of aromatic nitrogens is 2. The highest BCUT2D eigenvalue weighted by Gasteiger charge is 2.38. The molecule has 0 bridgehead atoms. The number of carbonyl (C=O) groups excluding carboxylic acids is 2. The zero-order valence-electron chi connectivity index (χ0n) is 22.9. The van der Waals surface area contributed by atoms with E-state index in [1.54, 1.807) is 24.9 Å². The topological polar surface area (TPSA) is 124 Å². The molecule has 0 saturated carbocycles. The summed E-state index contributed by atoms with van der Waals surface area (Å²) in [6.07, 6.45) is 2.81. The van der Waals surface area contributed by atoms with Crippen LogP contribution >= 0.6 is 11.8 Å². The summed E-state index contributed by atoms with van der Waals surface area (Å²) >= 11 is 1.65. The number of amides is 2. The van der Waals surface area contributed by atoms with Crippen LogP contribution in [-0.4, -0.2) is 51.7 Å². The number of aryl methyl sites for hydroxylation is 1. The second kappa shape index (κ2) is 14.3. The number of hydrogen-bond acceptors (Lipinski definition) is 8. The Morgan fingerprint density at radius 3 is 2.40 bits per heavy atom. The SMILES string of the molecule is CCOC(=O)CNC(=O)NCc1ccc(C2OC(CSc3nccn3C)C(C)C(c3ccc(CO)cc3)O2)cc1. The first kappa shape index (κ1) is 29.6. The lowest BCUT2D eigenvalue weighted by molar-refractivity contribution is -0.268. The monoisotopic (exact) mass is 568 g/mol. The van der Waals surface area contributed by atoms with Gasteiger partial charge in [0.2, 0.25) is 0 Å². The van der Waals surface area contributed by atoms with Crippen molar-refractivity contribution in [3.05, 3.63) is 83.2 Å². The van der Waals surface area contributed by atoms with E-state index in [1.165, 1.54) is 0 Å². The van der Waals surface area contributed by atoms with Crippen molar-refractivity contribution in [2.75, 3.05) is 18.9 Å². The van der Waals surface area contributed by atoms with Gasteiger partial charge in [-0.2, -0.15) is 0 Å². The average molecular weight is 569 g/mol. The van der Waals surface area contributed by atoms with Gasteiger partial charge in [0.05, 0.1) is 25.4 Å². The van der Waals surface area contributed by atoms with Crippen LogP contribution in [0.2, 0.25) is 0 Å². The Morgan fingerprint density at radius 1 is 1.05 bits per heavy atom. The van der Waals surface area contributed by atoms with Crippen molar-refractivity contribution in [1.29, 1.82) is 0 Å². The lowest BCUT2D eigenvalue weighted by Gasteiger charge is -2.41. The van der Waals surface area contributed by atoms with Crippen LogP contribution in [0, 0.1) is 5.92 Å². The molecule has 1 fully saturated rings. The molecule has 0 radical (unpaired) electrons. The standard InChI is InChI=1S/C29H36N4O6S/c1-4-37-25(35)16-32-28(36)31-15-20-5-11-23(12-6-20)27-38-24(18-40-29-30-13-14-33(29)3)19(2)26(39-27)22-9-7-21(17-34)8-10-22/h5-14,19,24,26-27,34H,4,15-18H2,1-3H3,(H2,31,32,36). The molecule has 3 aromatic rings. The molecular weight excluding hydrogens is 532 g/mol. The first-order valence-corrected chi connectivity index (χ1v) is 14.2. The van der Waals surface area contributed by atoms with Crippen LogP contribution in [0.4, 0.5) is 4.79 Å². The number of aliphatic hydroxyl groups excluding tert-OH is 1. The zero-order valence-corrected chi connectivity index (χ0v) is 23.7. The summed E-state index contributed by atoms with van der Waals surface area (Å²) < 4.78 is 19.8. The second-order valence-corrected chi connectivity index (χ2v) is 10.5. The van der Waals surface area contributed by atoms with Crippen LogP contribution in [0.5, 0.6) is 0 Å². The van der Waals surface area contributed by atoms with E-state index in [4.69, 9.17) is 14.2 Å². The molecular formula is C29H36N4O6S. The molecule has 11 heteroatoms. The quantitative estimate of drug-likeness (QED) is 0.235. The molecule has 1 aliphatic rings. The number of nitrogens with zero attached hydrogens (tertiary/aromatic N) is 2. The Hall–Kier alpha value is -3.38. The maximum absolute atomic E-state index is 12.0. The fraction of sp³-hybridized carbons (Fsp3) is 0.414. The number of rotatable bonds is 11. The third-order valence-corrected chi connectivity index (χ3v) is 7.83. The van der Waals surface area contributed by atoms with Crippen LogP contribution in [0.25, 0.3) is 0 Å². The number of thioether (sulfide) groups is 1. The maximum Gasteiger partial charge on any atom is 0.325 e. The van der Waals surface area contributed by atoms with Crippen molar-refractivity contribution >= 4 is 23.8 Å². The minimum atomic E-state index is -0.583. The van der Waals surface area contributed by atoms with Gasteiger partial charge in [0.25, 0.3) is 0 Å². The molecule has 4 rings (SSSR count). The molecule has 0 aliphatic carbocycles. The first-order chi connectivity index (χ1) is 19.4. The van der Waals surface area contributed by atoms with Crippen LogP contribution in [0.15, 0.2) is 66.1 Å². The lowest BCUT2D eigenvalue weighted by Crippen LogP contribution is -2.39. The molecule has 10 nitrogen and oxygen atoms in total. The van der Waals surface area contributed by atoms with Gasteiger partial charge < -0.3 is 34.5 Å². The Balaban J connectivity index is 1.43. The van der Waals surface area contributed by atoms with E-state index in [1.807, 2.05) is 66.3 Å². The van der Waals surface area contributed by atoms with Gasteiger partial charge in [-0.3, -0.25) is 4.79 Å². The van der Waals surface area contributed by atoms with E-state index < -0.39 is 18.3 Å². The summed E-state index contributed by atoms with van der Waals surface area (Å²) in [4.78, 5) is 27.8. The molecule has 2 amide bonds. The molecule has 2 heterocycles. The summed E-state index contributed by atoms with van der Waals surface area (Å²) in [7, 11) is 1.97. The van der Waals surface area contributed by atoms with E-state index >= 15 is 0 Å². The number of esters is 1. The van der Waals surface area contributed by atoms with Crippen molar-refractivity contribution in [2.24, 2.45) is 13.0 Å². The van der Waals surface area contributed by atoms with Crippen molar-refractivity contribution in [2.45, 2.75) is 50.7 Å². The van der Waals surface area contributed by atoms with E-state index in [9.17, 15) is 14.7 Å². The predicted molar refractivity (Wildman–Crippen MR) is 150 cm³/mol. The van der Waals surface area contributed by atoms with Crippen molar-refractivity contribution in [1.82, 2.24) is 20.2 Å². The molecule has 0 spiro atoms. The minimum Gasteiger partial charge on any atom is -0.465 e. The first-order valence-electron chi connectivity index (χ1n) is 13.2. The molecule has 4 unspecified atom stereocenters. The van der Waals surface area contributed by atoms with Gasteiger partial charge in [0, 0.05) is 43.2 Å². The Morgan fingerprint density at radius 2 is 1.75 bits per heavy atom. The highest BCUT2D eigenvalue weighted by molar-refractivity contribution is 7.99. The average Bonchev–Trinajstić information content (AvgIpc) is 3.39. The van der Waals surface area contributed by atoms with Gasteiger partial charge in [0.1, 0.15) is 6.54 Å². The smallest absolute Gasteiger partial charge is 0.325 e. The molecule has 4 atom stereocenters. The molecule has 214 valence electrons. The number of urea groups is 1. The largest absolute Gasteiger partial charge is 0.465 e. The highest BCUT2D eigenvalue weighted by Crippen LogP contribution is 2.42. The molecule has 1 aromatic heterocycles. The molecule has 40 heavy (non-hydrogen) atoms. The number of aliphatic hydroxyl groups is 1. The molecule has 2 aromatic carbocycles. The zero-order chi connectivity index (χ0) is 28.5. The highest BCUT2D eigenvalue weighted by atomic mass is 32.2. The summed E-state index contributed by atoms with van der Waals surface area (Å²) in [5.41, 5.74) is 3.63. The Kier molecular flexibility index (Phi) is 10.6. The predicted octanol–water partition coefficient (Wildman–Crippen LogP) is 3.86. The number of carbonyl (C=O) groups is 2. The minimum absolute atomic E-state index is 0.00964. The van der Waals surface area contributed by atoms with E-state index in [0.717, 1.165) is 27.4 Å². The van der Waals surface area contributed by atoms with E-state index in [-0.39, 0.29) is 37.9 Å². The third-order valence-electron chi connectivity index (χ3n) is 6.68. The third kappa shape index (κ3) is 7.85. The Labute approximate surface area is 238 Å². The van der Waals surface area contributed by atoms with Gasteiger partial charge in [-0.1, -0.05) is 67.2 Å². The van der Waals surface area contributed by atoms with Crippen molar-refractivity contribution in [3.8, 4) is 0 Å². The van der Waals surface area contributed by atoms with Crippen molar-refractivity contribution < 1.29 is 28.9 Å². The van der Waals surface area contributed by atoms with Crippen LogP contribution in [0.3, 0.4) is 0 Å². The van der Waals surface area contributed by atoms with Crippen LogP contribution in [0.1, 0.15) is 48.5 Å². The molecule has 1 aliphatic heterocycles. The number of hydrogen-bond donors (Lipinski definition) is 3. The number of benzene rings is 2. The van der Waals surface area contributed by atoms with Gasteiger partial charge in [0.15, 0.2) is 11.4 Å². The number of imidazole rings is 1. The summed E-state index contributed by atoms with van der Waals surface area (Å²) in [5, 5.41) is 15.6. The molecule has 1 saturated heterocycles. The van der Waals surface area contributed by atoms with E-state index in [0.29, 0.717) is 12.3 Å². The van der Waals surface area contributed by atoms with E-state index in [2.05, 4.69) is 22.5 Å². The fourth-order valence-electron chi connectivity index (χ4n) is 4.36. The number of ether oxygens (including phenoxy) is 3. The van der Waals surface area contributed by atoms with Crippen molar-refractivity contribution in [3.63, 3.8) is 0 Å². The second-order valence-electron chi connectivity index (χ2n) is 9.54. The summed E-state index contributed by atoms with van der Waals surface area (Å²) in [5.74, 6) is 0.295. The van der Waals surface area contributed by atoms with Gasteiger partial charge in [-0.15, -0.1) is 0 Å². The molecule has 3 N–H and O–H groups in total. The summed E-state index contributed by atoms with van der Waals surface area (Å²) in [6, 6.07) is 15.1. The normalized spacial score (nSPS) is 20.6. The van der Waals surface area contributed by atoms with Crippen LogP contribution < -0.4 is 10.6 Å². The number of nitrogens with one attached hydrogen (secondary N) is 2. The maximum atomic E-state index is 12.0. The van der Waals surface area contributed by atoms with Gasteiger partial charge >= 0.3 is 12.0 Å². The lowest BCUT2D eigenvalue weighted by atomic mass is 9.91. The van der Waals surface area contributed by atoms with Crippen LogP contribution in [-0.2, 0) is 39.2 Å².